The van der Waals surface area contributed by atoms with Crippen LogP contribution in [0.3, 0.4) is 0 Å². The van der Waals surface area contributed by atoms with Gasteiger partial charge in [-0.15, -0.1) is 5.10 Å². The van der Waals surface area contributed by atoms with Crippen LogP contribution in [-0.2, 0) is 6.54 Å². The maximum absolute atomic E-state index is 15.0. The Balaban J connectivity index is 1.14. The molecule has 0 aliphatic carbocycles. The van der Waals surface area contributed by atoms with Gasteiger partial charge in [-0.2, -0.15) is 0 Å². The summed E-state index contributed by atoms with van der Waals surface area (Å²) >= 11 is 3.37. The standard InChI is InChI=1S/C23H20BrFN10/c24-17-9-28-23(29-10-17)33-4-1-15(2-5-33)21-12-26-18(11-27-21)13-34-6-3-16-7-19(8-20(25)22(16)34)35-14-30-31-32-35/h3,6-12,14-15H,1-2,4-5,13H2. The van der Waals surface area contributed by atoms with Crippen molar-refractivity contribution < 1.29 is 4.39 Å². The highest BCUT2D eigenvalue weighted by Gasteiger charge is 2.23. The van der Waals surface area contributed by atoms with Gasteiger partial charge in [0.2, 0.25) is 5.95 Å². The van der Waals surface area contributed by atoms with Gasteiger partial charge in [0.05, 0.1) is 39.8 Å². The molecule has 10 nitrogen and oxygen atoms in total. The molecule has 5 heterocycles. The van der Waals surface area contributed by atoms with E-state index < -0.39 is 0 Å². The van der Waals surface area contributed by atoms with Crippen LogP contribution in [0.2, 0.25) is 0 Å². The molecular formula is C23H20BrFN10. The number of benzene rings is 1. The van der Waals surface area contributed by atoms with Crippen molar-refractivity contribution in [3.05, 3.63) is 77.2 Å². The minimum absolute atomic E-state index is 0.343. The second-order valence-corrected chi connectivity index (χ2v) is 9.37. The number of aromatic nitrogens is 9. The van der Waals surface area contributed by atoms with E-state index in [4.69, 9.17) is 4.98 Å². The Hall–Kier alpha value is -3.80. The number of hydrogen-bond acceptors (Lipinski definition) is 8. The highest BCUT2D eigenvalue weighted by Crippen LogP contribution is 2.28. The number of rotatable bonds is 5. The van der Waals surface area contributed by atoms with Gasteiger partial charge in [-0.1, -0.05) is 0 Å². The van der Waals surface area contributed by atoms with E-state index in [2.05, 4.69) is 51.3 Å². The fourth-order valence-electron chi connectivity index (χ4n) is 4.50. The molecule has 0 amide bonds. The minimum atomic E-state index is -0.343. The molecular weight excluding hydrogens is 515 g/mol. The maximum Gasteiger partial charge on any atom is 0.225 e. The predicted octanol–water partition coefficient (Wildman–Crippen LogP) is 3.53. The number of nitrogens with zero attached hydrogens (tertiary/aromatic N) is 10. The van der Waals surface area contributed by atoms with Crippen molar-refractivity contribution in [2.24, 2.45) is 0 Å². The minimum Gasteiger partial charge on any atom is -0.341 e. The molecule has 1 aliphatic heterocycles. The van der Waals surface area contributed by atoms with E-state index in [0.29, 0.717) is 23.7 Å². The third-order valence-electron chi connectivity index (χ3n) is 6.27. The van der Waals surface area contributed by atoms with E-state index in [1.165, 1.54) is 17.1 Å². The van der Waals surface area contributed by atoms with Crippen LogP contribution in [0.4, 0.5) is 10.3 Å². The lowest BCUT2D eigenvalue weighted by atomic mass is 9.94. The van der Waals surface area contributed by atoms with Gasteiger partial charge in [-0.05, 0) is 51.3 Å². The summed E-state index contributed by atoms with van der Waals surface area (Å²) in [6, 6.07) is 5.15. The van der Waals surface area contributed by atoms with E-state index in [-0.39, 0.29) is 5.82 Å². The molecule has 35 heavy (non-hydrogen) atoms. The van der Waals surface area contributed by atoms with Crippen LogP contribution in [0, 0.1) is 5.82 Å². The molecule has 0 unspecified atom stereocenters. The van der Waals surface area contributed by atoms with Gasteiger partial charge < -0.3 is 9.47 Å². The summed E-state index contributed by atoms with van der Waals surface area (Å²) in [5.74, 6) is 0.756. The van der Waals surface area contributed by atoms with Gasteiger partial charge in [-0.25, -0.2) is 19.0 Å². The zero-order valence-corrected chi connectivity index (χ0v) is 20.1. The van der Waals surface area contributed by atoms with Gasteiger partial charge in [0.15, 0.2) is 0 Å². The van der Waals surface area contributed by atoms with Gasteiger partial charge in [0, 0.05) is 55.2 Å². The second-order valence-electron chi connectivity index (χ2n) is 8.46. The number of fused-ring (bicyclic) bond motifs is 1. The molecule has 1 fully saturated rings. The molecule has 0 atom stereocenters. The normalized spacial score (nSPS) is 14.6. The van der Waals surface area contributed by atoms with Crippen molar-refractivity contribution in [1.29, 1.82) is 0 Å². The first-order valence-corrected chi connectivity index (χ1v) is 12.0. The predicted molar refractivity (Wildman–Crippen MR) is 130 cm³/mol. The fourth-order valence-corrected chi connectivity index (χ4v) is 4.70. The average Bonchev–Trinajstić information content (AvgIpc) is 3.56. The van der Waals surface area contributed by atoms with Crippen molar-refractivity contribution in [2.45, 2.75) is 25.3 Å². The van der Waals surface area contributed by atoms with E-state index in [9.17, 15) is 4.39 Å². The van der Waals surface area contributed by atoms with E-state index in [1.54, 1.807) is 18.6 Å². The van der Waals surface area contributed by atoms with Crippen molar-refractivity contribution in [3.63, 3.8) is 0 Å². The van der Waals surface area contributed by atoms with Crippen LogP contribution in [0.5, 0.6) is 0 Å². The first-order valence-electron chi connectivity index (χ1n) is 11.2. The molecule has 176 valence electrons. The Morgan fingerprint density at radius 1 is 1.00 bits per heavy atom. The van der Waals surface area contributed by atoms with E-state index in [0.717, 1.165) is 53.1 Å². The van der Waals surface area contributed by atoms with Crippen LogP contribution < -0.4 is 4.90 Å². The van der Waals surface area contributed by atoms with Crippen LogP contribution in [0.1, 0.15) is 30.1 Å². The Bertz CT molecular complexity index is 1440. The molecule has 4 aromatic heterocycles. The lowest BCUT2D eigenvalue weighted by Gasteiger charge is -2.31. The summed E-state index contributed by atoms with van der Waals surface area (Å²) in [5, 5.41) is 11.8. The van der Waals surface area contributed by atoms with Crippen LogP contribution in [-0.4, -0.2) is 57.8 Å². The zero-order valence-electron chi connectivity index (χ0n) is 18.5. The smallest absolute Gasteiger partial charge is 0.225 e. The lowest BCUT2D eigenvalue weighted by molar-refractivity contribution is 0.488. The molecule has 1 aliphatic rings. The lowest BCUT2D eigenvalue weighted by Crippen LogP contribution is -2.34. The topological polar surface area (TPSA) is 103 Å². The summed E-state index contributed by atoms with van der Waals surface area (Å²) < 4.78 is 19.1. The summed E-state index contributed by atoms with van der Waals surface area (Å²) in [5.41, 5.74) is 2.84. The molecule has 6 rings (SSSR count). The van der Waals surface area contributed by atoms with Gasteiger partial charge in [-0.3, -0.25) is 9.97 Å². The van der Waals surface area contributed by atoms with Crippen LogP contribution >= 0.6 is 15.9 Å². The molecule has 12 heteroatoms. The monoisotopic (exact) mass is 534 g/mol. The van der Waals surface area contributed by atoms with Crippen LogP contribution in [0.25, 0.3) is 16.6 Å². The van der Waals surface area contributed by atoms with Crippen molar-refractivity contribution in [2.75, 3.05) is 18.0 Å². The van der Waals surface area contributed by atoms with Gasteiger partial charge in [0.1, 0.15) is 12.1 Å². The highest BCUT2D eigenvalue weighted by molar-refractivity contribution is 9.10. The zero-order chi connectivity index (χ0) is 23.8. The Morgan fingerprint density at radius 2 is 1.83 bits per heavy atom. The second kappa shape index (κ2) is 9.10. The molecule has 0 bridgehead atoms. The molecule has 1 saturated heterocycles. The number of tetrazole rings is 1. The molecule has 1 aromatic carbocycles. The van der Waals surface area contributed by atoms with Crippen LogP contribution in [0.15, 0.2) is 60.0 Å². The molecule has 0 radical (unpaired) electrons. The molecule has 0 N–H and O–H groups in total. The molecule has 0 saturated carbocycles. The number of piperidine rings is 1. The Morgan fingerprint density at radius 3 is 2.54 bits per heavy atom. The van der Waals surface area contributed by atoms with Crippen molar-refractivity contribution >= 4 is 32.8 Å². The first kappa shape index (κ1) is 21.7. The Labute approximate surface area is 208 Å². The van der Waals surface area contributed by atoms with E-state index in [1.807, 2.05) is 29.1 Å². The molecule has 5 aromatic rings. The van der Waals surface area contributed by atoms with Gasteiger partial charge in [0.25, 0.3) is 0 Å². The summed E-state index contributed by atoms with van der Waals surface area (Å²) in [6.45, 7) is 2.17. The maximum atomic E-state index is 15.0. The average molecular weight is 535 g/mol. The summed E-state index contributed by atoms with van der Waals surface area (Å²) in [4.78, 5) is 20.3. The summed E-state index contributed by atoms with van der Waals surface area (Å²) in [6.07, 6.45) is 12.4. The van der Waals surface area contributed by atoms with Crippen molar-refractivity contribution in [3.8, 4) is 5.69 Å². The molecule has 0 spiro atoms. The fraction of sp³-hybridized carbons (Fsp3) is 0.261. The number of halogens is 2. The largest absolute Gasteiger partial charge is 0.341 e. The third-order valence-corrected chi connectivity index (χ3v) is 6.68. The number of anilines is 1. The summed E-state index contributed by atoms with van der Waals surface area (Å²) in [7, 11) is 0. The van der Waals surface area contributed by atoms with E-state index >= 15 is 0 Å². The first-order chi connectivity index (χ1) is 17.1. The van der Waals surface area contributed by atoms with Crippen molar-refractivity contribution in [1.82, 2.24) is 44.7 Å². The SMILES string of the molecule is Fc1cc(-n2cnnn2)cc2ccn(Cc3cnc(C4CCN(c5ncc(Br)cn5)CC4)cn3)c12. The number of hydrogen-bond donors (Lipinski definition) is 0. The quantitative estimate of drug-likeness (QED) is 0.337. The Kier molecular flexibility index (Phi) is 5.64. The third kappa shape index (κ3) is 4.36. The highest BCUT2D eigenvalue weighted by atomic mass is 79.9. The van der Waals surface area contributed by atoms with Gasteiger partial charge >= 0.3 is 0 Å².